The fourth-order valence-electron chi connectivity index (χ4n) is 5.48. The molecule has 1 aromatic carbocycles. The number of nitrogens with one attached hydrogen (secondary N) is 2. The average molecular weight is 495 g/mol. The molecule has 11 heteroatoms. The number of nitrogens with zero attached hydrogens (tertiary/aromatic N) is 6. The van der Waals surface area contributed by atoms with Gasteiger partial charge in [0.25, 0.3) is 6.43 Å². The molecule has 0 spiro atoms. The molecule has 4 heterocycles. The maximum atomic E-state index is 12.9. The standard InChI is InChI=1S/C25H28F2N8O/c26-22(27)14-35-21-11-16(5-8-20(21)32-33-35)18-12-28-23-19(18)13-29-25(31-23)30-17-6-3-15(4-7-17)24(36)34-9-1-2-10-34/h5,8,11-13,15,17,22H,1-4,6-7,9-10,14H2,(H2,28,29,30,31). The van der Waals surface area contributed by atoms with E-state index in [4.69, 9.17) is 0 Å². The van der Waals surface area contributed by atoms with Gasteiger partial charge in [-0.25, -0.2) is 18.4 Å². The highest BCUT2D eigenvalue weighted by Crippen LogP contribution is 2.31. The molecule has 4 aromatic rings. The van der Waals surface area contributed by atoms with Crippen molar-refractivity contribution in [3.8, 4) is 11.1 Å². The Bertz CT molecular complexity index is 1390. The molecule has 0 radical (unpaired) electrons. The van der Waals surface area contributed by atoms with Crippen LogP contribution in [0.5, 0.6) is 0 Å². The molecule has 2 aliphatic rings. The van der Waals surface area contributed by atoms with E-state index in [1.165, 1.54) is 4.68 Å². The Kier molecular flexibility index (Phi) is 5.98. The van der Waals surface area contributed by atoms with Crippen molar-refractivity contribution in [2.45, 2.75) is 57.5 Å². The van der Waals surface area contributed by atoms with Crippen LogP contribution in [0, 0.1) is 5.92 Å². The summed E-state index contributed by atoms with van der Waals surface area (Å²) in [6.07, 6.45) is 6.98. The van der Waals surface area contributed by atoms with Gasteiger partial charge < -0.3 is 15.2 Å². The van der Waals surface area contributed by atoms with E-state index in [1.54, 1.807) is 12.3 Å². The molecule has 2 fully saturated rings. The first-order chi connectivity index (χ1) is 17.5. The minimum Gasteiger partial charge on any atom is -0.351 e. The number of halogens is 2. The van der Waals surface area contributed by atoms with Crippen LogP contribution in [0.15, 0.2) is 30.6 Å². The molecule has 1 saturated carbocycles. The van der Waals surface area contributed by atoms with Gasteiger partial charge in [0.2, 0.25) is 11.9 Å². The molecule has 1 amide bonds. The highest BCUT2D eigenvalue weighted by molar-refractivity contribution is 5.95. The van der Waals surface area contributed by atoms with Crippen molar-refractivity contribution in [2.75, 3.05) is 18.4 Å². The number of H-pyrrole nitrogens is 1. The van der Waals surface area contributed by atoms with Crippen LogP contribution in [0.2, 0.25) is 0 Å². The molecular formula is C25H28F2N8O. The molecule has 1 aliphatic carbocycles. The first-order valence-electron chi connectivity index (χ1n) is 12.6. The number of rotatable bonds is 6. The van der Waals surface area contributed by atoms with E-state index in [0.29, 0.717) is 28.5 Å². The number of aromatic nitrogens is 6. The third kappa shape index (κ3) is 4.38. The van der Waals surface area contributed by atoms with Crippen LogP contribution >= 0.6 is 0 Å². The van der Waals surface area contributed by atoms with Gasteiger partial charge in [-0.2, -0.15) is 4.98 Å². The third-order valence-electron chi connectivity index (χ3n) is 7.40. The Balaban J connectivity index is 1.15. The topological polar surface area (TPSA) is 105 Å². The summed E-state index contributed by atoms with van der Waals surface area (Å²) in [7, 11) is 0. The number of aromatic amines is 1. The quantitative estimate of drug-likeness (QED) is 0.416. The summed E-state index contributed by atoms with van der Waals surface area (Å²) in [6.45, 7) is 1.32. The first kappa shape index (κ1) is 22.8. The van der Waals surface area contributed by atoms with E-state index in [2.05, 4.69) is 30.6 Å². The van der Waals surface area contributed by atoms with Crippen LogP contribution in [0.1, 0.15) is 38.5 Å². The maximum absolute atomic E-state index is 12.9. The van der Waals surface area contributed by atoms with Crippen molar-refractivity contribution >= 4 is 33.9 Å². The van der Waals surface area contributed by atoms with E-state index < -0.39 is 13.0 Å². The average Bonchev–Trinajstić information content (AvgIpc) is 3.64. The summed E-state index contributed by atoms with van der Waals surface area (Å²) in [4.78, 5) is 27.1. The number of likely N-dealkylation sites (tertiary alicyclic amines) is 1. The molecule has 36 heavy (non-hydrogen) atoms. The number of fused-ring (bicyclic) bond motifs is 2. The summed E-state index contributed by atoms with van der Waals surface area (Å²) in [5.74, 6) is 1.02. The van der Waals surface area contributed by atoms with Crippen molar-refractivity contribution in [1.29, 1.82) is 0 Å². The third-order valence-corrected chi connectivity index (χ3v) is 7.40. The van der Waals surface area contributed by atoms with Gasteiger partial charge in [-0.05, 0) is 56.2 Å². The van der Waals surface area contributed by atoms with Gasteiger partial charge in [0.1, 0.15) is 17.7 Å². The Morgan fingerprint density at radius 3 is 2.75 bits per heavy atom. The van der Waals surface area contributed by atoms with Crippen molar-refractivity contribution in [1.82, 2.24) is 34.8 Å². The van der Waals surface area contributed by atoms with Crippen LogP contribution in [0.3, 0.4) is 0 Å². The van der Waals surface area contributed by atoms with Crippen LogP contribution in [-0.2, 0) is 11.3 Å². The normalized spacial score (nSPS) is 20.6. The number of carbonyl (C=O) groups is 1. The highest BCUT2D eigenvalue weighted by Gasteiger charge is 2.30. The molecule has 6 rings (SSSR count). The van der Waals surface area contributed by atoms with E-state index >= 15 is 0 Å². The van der Waals surface area contributed by atoms with Crippen LogP contribution in [0.25, 0.3) is 33.2 Å². The molecule has 0 atom stereocenters. The molecule has 9 nitrogen and oxygen atoms in total. The number of amides is 1. The smallest absolute Gasteiger partial charge is 0.258 e. The molecular weight excluding hydrogens is 466 g/mol. The zero-order chi connectivity index (χ0) is 24.6. The van der Waals surface area contributed by atoms with E-state index in [1.807, 2.05) is 23.2 Å². The zero-order valence-electron chi connectivity index (χ0n) is 19.8. The van der Waals surface area contributed by atoms with E-state index in [9.17, 15) is 13.6 Å². The molecule has 1 saturated heterocycles. The minimum absolute atomic E-state index is 0.139. The first-order valence-corrected chi connectivity index (χ1v) is 12.6. The number of hydrogen-bond donors (Lipinski definition) is 2. The number of carbonyl (C=O) groups excluding carboxylic acids is 1. The van der Waals surface area contributed by atoms with Gasteiger partial charge in [0.15, 0.2) is 0 Å². The van der Waals surface area contributed by atoms with Gasteiger partial charge in [0.05, 0.1) is 5.52 Å². The number of anilines is 1. The van der Waals surface area contributed by atoms with Crippen molar-refractivity contribution in [2.24, 2.45) is 5.92 Å². The predicted molar refractivity (Wildman–Crippen MR) is 132 cm³/mol. The summed E-state index contributed by atoms with van der Waals surface area (Å²) in [6, 6.07) is 5.72. The van der Waals surface area contributed by atoms with Gasteiger partial charge in [-0.15, -0.1) is 5.10 Å². The molecule has 3 aromatic heterocycles. The Labute approximate surface area is 206 Å². The van der Waals surface area contributed by atoms with Crippen molar-refractivity contribution in [3.05, 3.63) is 30.6 Å². The molecule has 0 bridgehead atoms. The monoisotopic (exact) mass is 494 g/mol. The lowest BCUT2D eigenvalue weighted by atomic mass is 9.85. The second-order valence-electron chi connectivity index (χ2n) is 9.75. The predicted octanol–water partition coefficient (Wildman–Crippen LogP) is 4.23. The van der Waals surface area contributed by atoms with Crippen molar-refractivity contribution in [3.63, 3.8) is 0 Å². The molecule has 2 N–H and O–H groups in total. The SMILES string of the molecule is O=C(C1CCC(Nc2ncc3c(-c4ccc5nnn(CC(F)F)c5c4)c[nH]c3n2)CC1)N1CCCC1. The Morgan fingerprint density at radius 2 is 1.97 bits per heavy atom. The lowest BCUT2D eigenvalue weighted by molar-refractivity contribution is -0.135. The Hall–Kier alpha value is -3.63. The van der Waals surface area contributed by atoms with Gasteiger partial charge in [-0.1, -0.05) is 11.3 Å². The second kappa shape index (κ2) is 9.44. The lowest BCUT2D eigenvalue weighted by Crippen LogP contribution is -2.37. The van der Waals surface area contributed by atoms with E-state index in [-0.39, 0.29) is 12.0 Å². The zero-order valence-corrected chi connectivity index (χ0v) is 19.8. The summed E-state index contributed by atoms with van der Waals surface area (Å²) < 4.78 is 27.0. The largest absolute Gasteiger partial charge is 0.351 e. The maximum Gasteiger partial charge on any atom is 0.258 e. The number of hydrogen-bond acceptors (Lipinski definition) is 6. The summed E-state index contributed by atoms with van der Waals surface area (Å²) in [5, 5.41) is 12.1. The van der Waals surface area contributed by atoms with Crippen LogP contribution in [0.4, 0.5) is 14.7 Å². The number of benzene rings is 1. The highest BCUT2D eigenvalue weighted by atomic mass is 19.3. The molecule has 188 valence electrons. The fraction of sp³-hybridized carbons (Fsp3) is 0.480. The molecule has 1 aliphatic heterocycles. The van der Waals surface area contributed by atoms with Crippen molar-refractivity contribution < 1.29 is 13.6 Å². The molecule has 0 unspecified atom stereocenters. The van der Waals surface area contributed by atoms with Gasteiger partial charge in [0, 0.05) is 48.4 Å². The lowest BCUT2D eigenvalue weighted by Gasteiger charge is -2.30. The fourth-order valence-corrected chi connectivity index (χ4v) is 5.48. The summed E-state index contributed by atoms with van der Waals surface area (Å²) >= 11 is 0. The van der Waals surface area contributed by atoms with E-state index in [0.717, 1.165) is 68.1 Å². The summed E-state index contributed by atoms with van der Waals surface area (Å²) in [5.41, 5.74) is 3.54. The van der Waals surface area contributed by atoms with Gasteiger partial charge in [-0.3, -0.25) is 4.79 Å². The second-order valence-corrected chi connectivity index (χ2v) is 9.75. The van der Waals surface area contributed by atoms with Crippen LogP contribution < -0.4 is 5.32 Å². The number of alkyl halides is 2. The Morgan fingerprint density at radius 1 is 1.17 bits per heavy atom. The van der Waals surface area contributed by atoms with Gasteiger partial charge >= 0.3 is 0 Å². The van der Waals surface area contributed by atoms with Crippen LogP contribution in [-0.4, -0.2) is 66.3 Å². The minimum atomic E-state index is -2.51.